The number of rotatable bonds is 10. The maximum absolute atomic E-state index is 14.1. The Hall–Kier alpha value is -5.75. The molecule has 5 aromatic rings. The number of hydrogen-bond donors (Lipinski definition) is 4. The van der Waals surface area contributed by atoms with Crippen LogP contribution < -0.4 is 10.6 Å². The molecular weight excluding hydrogens is 590 g/mol. The van der Waals surface area contributed by atoms with Gasteiger partial charge in [0.25, 0.3) is 5.69 Å². The van der Waals surface area contributed by atoms with Crippen molar-refractivity contribution in [3.8, 4) is 11.3 Å². The molecular formula is C34H29N5O7. The average molecular weight is 620 g/mol. The molecule has 4 atom stereocenters. The average Bonchev–Trinajstić information content (AvgIpc) is 3.84. The number of aromatic amines is 1. The first kappa shape index (κ1) is 29.0. The topological polar surface area (TPSA) is 171 Å². The highest BCUT2D eigenvalue weighted by Gasteiger charge is 2.69. The zero-order valence-electron chi connectivity index (χ0n) is 24.4. The Morgan fingerprint density at radius 3 is 2.46 bits per heavy atom. The Morgan fingerprint density at radius 1 is 0.978 bits per heavy atom. The number of anilines is 1. The number of amides is 2. The number of carbonyl (C=O) groups excluding carboxylic acids is 2. The summed E-state index contributed by atoms with van der Waals surface area (Å²) in [6.07, 6.45) is 1.68. The standard InChI is InChI=1S/C34H29N5O7/c40-31-28-29(32(41)38(31)17-16-35-22-6-2-1-3-7-22)34(33(42)43,18-21-19-36-25-9-5-4-8-24(21)25)37-30(28)27-15-14-26(46-27)20-10-12-23(13-11-20)39(44)45/h1-15,19,28-30,35-37H,16-18H2,(H,42,43). The van der Waals surface area contributed by atoms with Gasteiger partial charge in [-0.1, -0.05) is 36.4 Å². The van der Waals surface area contributed by atoms with E-state index in [1.54, 1.807) is 30.5 Å². The number of carbonyl (C=O) groups is 3. The van der Waals surface area contributed by atoms with Crippen molar-refractivity contribution in [2.45, 2.75) is 18.0 Å². The summed E-state index contributed by atoms with van der Waals surface area (Å²) in [6.45, 7) is 0.341. The van der Waals surface area contributed by atoms with E-state index in [4.69, 9.17) is 4.42 Å². The van der Waals surface area contributed by atoms with Gasteiger partial charge in [0.15, 0.2) is 0 Å². The number of carboxylic acids is 1. The van der Waals surface area contributed by atoms with Crippen LogP contribution >= 0.6 is 0 Å². The van der Waals surface area contributed by atoms with Gasteiger partial charge in [0.2, 0.25) is 11.8 Å². The molecule has 3 aromatic carbocycles. The minimum absolute atomic E-state index is 0.0568. The number of H-pyrrole nitrogens is 1. The van der Waals surface area contributed by atoms with Crippen LogP contribution in [-0.2, 0) is 20.8 Å². The van der Waals surface area contributed by atoms with E-state index in [0.717, 1.165) is 21.5 Å². The molecule has 2 saturated heterocycles. The molecule has 12 heteroatoms. The van der Waals surface area contributed by atoms with Crippen LogP contribution in [0.5, 0.6) is 0 Å². The van der Waals surface area contributed by atoms with Crippen LogP contribution in [0.1, 0.15) is 17.4 Å². The highest BCUT2D eigenvalue weighted by atomic mass is 16.6. The van der Waals surface area contributed by atoms with Gasteiger partial charge in [0.05, 0.1) is 22.8 Å². The van der Waals surface area contributed by atoms with Crippen molar-refractivity contribution in [1.29, 1.82) is 0 Å². The molecule has 2 aromatic heterocycles. The first-order valence-corrected chi connectivity index (χ1v) is 14.8. The number of imide groups is 1. The van der Waals surface area contributed by atoms with E-state index in [2.05, 4.69) is 15.6 Å². The molecule has 46 heavy (non-hydrogen) atoms. The molecule has 0 aliphatic carbocycles. The third kappa shape index (κ3) is 4.79. The third-order valence-electron chi connectivity index (χ3n) is 9.01. The second-order valence-corrected chi connectivity index (χ2v) is 11.6. The number of aromatic nitrogens is 1. The highest BCUT2D eigenvalue weighted by Crippen LogP contribution is 2.51. The summed E-state index contributed by atoms with van der Waals surface area (Å²) in [5.41, 5.74) is 1.02. The quantitative estimate of drug-likeness (QED) is 0.0977. The van der Waals surface area contributed by atoms with Gasteiger partial charge in [0.1, 0.15) is 17.1 Å². The molecule has 4 heterocycles. The zero-order valence-corrected chi connectivity index (χ0v) is 24.4. The second-order valence-electron chi connectivity index (χ2n) is 11.6. The number of nitrogens with one attached hydrogen (secondary N) is 3. The number of benzene rings is 3. The van der Waals surface area contributed by atoms with Crippen LogP contribution in [0.3, 0.4) is 0 Å². The van der Waals surface area contributed by atoms with Crippen LogP contribution in [0, 0.1) is 22.0 Å². The lowest BCUT2D eigenvalue weighted by Crippen LogP contribution is -2.57. The highest BCUT2D eigenvalue weighted by molar-refractivity contribution is 6.09. The fourth-order valence-corrected chi connectivity index (χ4v) is 6.83. The van der Waals surface area contributed by atoms with Crippen LogP contribution in [0.15, 0.2) is 102 Å². The Kier molecular flexibility index (Phi) is 7.13. The predicted molar refractivity (Wildman–Crippen MR) is 168 cm³/mol. The lowest BCUT2D eigenvalue weighted by atomic mass is 9.76. The van der Waals surface area contributed by atoms with Gasteiger partial charge in [-0.25, -0.2) is 0 Å². The number of nitro groups is 1. The molecule has 0 saturated carbocycles. The Labute approximate surface area is 262 Å². The van der Waals surface area contributed by atoms with Crippen molar-refractivity contribution in [1.82, 2.24) is 15.2 Å². The summed E-state index contributed by atoms with van der Waals surface area (Å²) >= 11 is 0. The number of carboxylic acid groups (broad SMARTS) is 1. The summed E-state index contributed by atoms with van der Waals surface area (Å²) in [5, 5.41) is 29.2. The Morgan fingerprint density at radius 2 is 1.72 bits per heavy atom. The van der Waals surface area contributed by atoms with E-state index in [1.807, 2.05) is 54.6 Å². The molecule has 4 N–H and O–H groups in total. The van der Waals surface area contributed by atoms with Crippen LogP contribution in [0.4, 0.5) is 11.4 Å². The van der Waals surface area contributed by atoms with Crippen molar-refractivity contribution in [3.05, 3.63) is 119 Å². The number of hydrogen-bond acceptors (Lipinski definition) is 8. The van der Waals surface area contributed by atoms with Gasteiger partial charge < -0.3 is 19.8 Å². The maximum atomic E-state index is 14.1. The third-order valence-corrected chi connectivity index (χ3v) is 9.01. The number of aliphatic carboxylic acids is 1. The van der Waals surface area contributed by atoms with Crippen molar-refractivity contribution in [3.63, 3.8) is 0 Å². The van der Waals surface area contributed by atoms with Crippen LogP contribution in [0.25, 0.3) is 22.2 Å². The SMILES string of the molecule is O=C1C2C(c3ccc(-c4ccc([N+](=O)[O-])cc4)o3)NC(Cc3c[nH]c4ccccc34)(C(=O)O)C2C(=O)N1CCNc1ccccc1. The molecule has 0 spiro atoms. The molecule has 232 valence electrons. The molecule has 0 radical (unpaired) electrons. The van der Waals surface area contributed by atoms with Crippen molar-refractivity contribution in [2.24, 2.45) is 11.8 Å². The molecule has 4 unspecified atom stereocenters. The van der Waals surface area contributed by atoms with E-state index in [9.17, 15) is 29.6 Å². The number of likely N-dealkylation sites (tertiary alicyclic amines) is 1. The fraction of sp³-hybridized carbons (Fsp3) is 0.206. The predicted octanol–water partition coefficient (Wildman–Crippen LogP) is 4.76. The van der Waals surface area contributed by atoms with Gasteiger partial charge >= 0.3 is 5.97 Å². The summed E-state index contributed by atoms with van der Waals surface area (Å²) < 4.78 is 6.17. The number of non-ortho nitro benzene ring substituents is 1. The van der Waals surface area contributed by atoms with E-state index in [-0.39, 0.29) is 31.0 Å². The summed E-state index contributed by atoms with van der Waals surface area (Å²) in [5.74, 6) is -3.85. The molecule has 2 aliphatic rings. The number of nitro benzene ring substituents is 1. The minimum Gasteiger partial charge on any atom is -0.480 e. The maximum Gasteiger partial charge on any atom is 0.325 e. The Balaban J connectivity index is 1.25. The van der Waals surface area contributed by atoms with Crippen molar-refractivity contribution < 1.29 is 28.8 Å². The largest absolute Gasteiger partial charge is 0.480 e. The first-order chi connectivity index (χ1) is 22.3. The second kappa shape index (κ2) is 11.3. The van der Waals surface area contributed by atoms with Crippen LogP contribution in [-0.4, -0.2) is 56.3 Å². The minimum atomic E-state index is -1.82. The fourth-order valence-electron chi connectivity index (χ4n) is 6.83. The van der Waals surface area contributed by atoms with Crippen LogP contribution in [0.2, 0.25) is 0 Å². The smallest absolute Gasteiger partial charge is 0.325 e. The summed E-state index contributed by atoms with van der Waals surface area (Å²) in [4.78, 5) is 56.5. The number of fused-ring (bicyclic) bond motifs is 2. The summed E-state index contributed by atoms with van der Waals surface area (Å²) in [6, 6.07) is 25.1. The van der Waals surface area contributed by atoms with Gasteiger partial charge in [-0.05, 0) is 48.0 Å². The van der Waals surface area contributed by atoms with Crippen molar-refractivity contribution in [2.75, 3.05) is 18.4 Å². The lowest BCUT2D eigenvalue weighted by Gasteiger charge is -2.31. The number of furan rings is 1. The summed E-state index contributed by atoms with van der Waals surface area (Å²) in [7, 11) is 0. The molecule has 12 nitrogen and oxygen atoms in total. The van der Waals surface area contributed by atoms with E-state index in [1.165, 1.54) is 12.1 Å². The molecule has 2 fully saturated rings. The van der Waals surface area contributed by atoms with Gasteiger partial charge in [-0.2, -0.15) is 0 Å². The Bertz CT molecular complexity index is 1970. The van der Waals surface area contributed by atoms with E-state index < -0.39 is 46.1 Å². The monoisotopic (exact) mass is 619 g/mol. The van der Waals surface area contributed by atoms with E-state index >= 15 is 0 Å². The molecule has 2 aliphatic heterocycles. The van der Waals surface area contributed by atoms with E-state index in [0.29, 0.717) is 16.9 Å². The zero-order chi connectivity index (χ0) is 32.0. The van der Waals surface area contributed by atoms with Crippen molar-refractivity contribution >= 4 is 40.1 Å². The molecule has 7 rings (SSSR count). The first-order valence-electron chi connectivity index (χ1n) is 14.8. The van der Waals surface area contributed by atoms with Gasteiger partial charge in [-0.3, -0.25) is 34.7 Å². The van der Waals surface area contributed by atoms with Gasteiger partial charge in [0, 0.05) is 60.0 Å². The number of nitrogens with zero attached hydrogens (tertiary/aromatic N) is 2. The normalized spacial score (nSPS) is 22.3. The molecule has 0 bridgehead atoms. The lowest BCUT2D eigenvalue weighted by molar-refractivity contribution is -0.384. The van der Waals surface area contributed by atoms with Gasteiger partial charge in [-0.15, -0.1) is 0 Å². The number of para-hydroxylation sites is 2. The molecule has 2 amide bonds.